The van der Waals surface area contributed by atoms with E-state index in [9.17, 15) is 0 Å². The normalized spacial score (nSPS) is 9.14. The third-order valence-corrected chi connectivity index (χ3v) is 1.97. The molecule has 0 aliphatic rings. The van der Waals surface area contributed by atoms with Crippen LogP contribution in [-0.2, 0) is 0 Å². The van der Waals surface area contributed by atoms with Crippen molar-refractivity contribution in [2.24, 2.45) is 0 Å². The van der Waals surface area contributed by atoms with E-state index in [-0.39, 0.29) is 70.3 Å². The van der Waals surface area contributed by atoms with E-state index in [4.69, 9.17) is 5.11 Å². The van der Waals surface area contributed by atoms with Crippen molar-refractivity contribution < 1.29 is 75.4 Å². The van der Waals surface area contributed by atoms with Crippen molar-refractivity contribution >= 4 is 0 Å². The fraction of sp³-hybridized carbons (Fsp3) is 0. The molecule has 0 atom stereocenters. The first kappa shape index (κ1) is 12.4. The molecule has 0 saturated heterocycles. The minimum absolute atomic E-state index is 0. The summed E-state index contributed by atoms with van der Waals surface area (Å²) in [6.45, 7) is 0. The summed E-state index contributed by atoms with van der Waals surface area (Å²) >= 11 is 0. The first-order valence-electron chi connectivity index (χ1n) is 4.21. The van der Waals surface area contributed by atoms with Gasteiger partial charge in [-0.1, -0.05) is 42.5 Å². The van der Waals surface area contributed by atoms with E-state index < -0.39 is 0 Å². The van der Waals surface area contributed by atoms with Gasteiger partial charge >= 0.3 is 68.9 Å². The van der Waals surface area contributed by atoms with E-state index in [0.717, 1.165) is 5.56 Å². The molecule has 66 valence electrons. The maximum Gasteiger partial charge on any atom is 1.00 e. The summed E-state index contributed by atoms with van der Waals surface area (Å²) in [6, 6.07) is 17.3. The Morgan fingerprint density at radius 2 is 1.21 bits per heavy atom. The Hall–Kier alpha value is 0.292. The number of hydrogen-bond donors (Lipinski definition) is 1. The number of phenols is 1. The van der Waals surface area contributed by atoms with E-state index >= 15 is 0 Å². The molecule has 0 fully saturated rings. The third-order valence-electron chi connectivity index (χ3n) is 1.97. The number of aromatic hydroxyl groups is 1. The van der Waals surface area contributed by atoms with Gasteiger partial charge in [0.05, 0.1) is 0 Å². The van der Waals surface area contributed by atoms with Crippen LogP contribution in [0.5, 0.6) is 5.75 Å². The Kier molecular flexibility index (Phi) is 5.30. The molecule has 0 saturated carbocycles. The molecular formula is C12H11CsO. The molecule has 1 N–H and O–H groups in total. The van der Waals surface area contributed by atoms with Crippen LogP contribution < -0.4 is 68.9 Å². The van der Waals surface area contributed by atoms with Gasteiger partial charge < -0.3 is 6.53 Å². The summed E-state index contributed by atoms with van der Waals surface area (Å²) in [6.07, 6.45) is 0. The Bertz CT molecular complexity index is 386. The van der Waals surface area contributed by atoms with Crippen molar-refractivity contribution in [1.29, 1.82) is 0 Å². The molecule has 0 bridgehead atoms. The second-order valence-electron chi connectivity index (χ2n) is 2.91. The Balaban J connectivity index is 0.000000980. The predicted octanol–water partition coefficient (Wildman–Crippen LogP) is 0.176. The van der Waals surface area contributed by atoms with Gasteiger partial charge in [-0.25, -0.2) is 0 Å². The molecule has 2 aromatic carbocycles. The van der Waals surface area contributed by atoms with Crippen LogP contribution in [0.1, 0.15) is 1.43 Å². The summed E-state index contributed by atoms with van der Waals surface area (Å²) in [5, 5.41) is 9.10. The molecule has 1 nitrogen and oxygen atoms in total. The second kappa shape index (κ2) is 6.00. The van der Waals surface area contributed by atoms with Crippen LogP contribution in [0.25, 0.3) is 11.1 Å². The Labute approximate surface area is 144 Å². The molecule has 14 heavy (non-hydrogen) atoms. The number of phenolic OH excluding ortho intramolecular Hbond substituents is 1. The van der Waals surface area contributed by atoms with Crippen molar-refractivity contribution in [2.75, 3.05) is 0 Å². The van der Waals surface area contributed by atoms with E-state index in [1.807, 2.05) is 42.5 Å². The van der Waals surface area contributed by atoms with Gasteiger partial charge in [-0.2, -0.15) is 0 Å². The maximum atomic E-state index is 9.10. The molecular weight excluding hydrogens is 293 g/mol. The molecule has 0 unspecified atom stereocenters. The van der Waals surface area contributed by atoms with Crippen LogP contribution in [0.3, 0.4) is 0 Å². The van der Waals surface area contributed by atoms with E-state index in [1.165, 1.54) is 5.56 Å². The zero-order valence-corrected chi connectivity index (χ0v) is 14.4. The SMILES string of the molecule is Oc1ccc(-c2ccccc2)cc1.[Cs+].[H-]. The van der Waals surface area contributed by atoms with Crippen LogP contribution in [0, 0.1) is 0 Å². The maximum absolute atomic E-state index is 9.10. The smallest absolute Gasteiger partial charge is 1.00 e. The zero-order chi connectivity index (χ0) is 9.10. The van der Waals surface area contributed by atoms with Gasteiger partial charge in [0.25, 0.3) is 0 Å². The van der Waals surface area contributed by atoms with Crippen molar-refractivity contribution in [2.45, 2.75) is 0 Å². The van der Waals surface area contributed by atoms with Gasteiger partial charge in [-0.05, 0) is 23.3 Å². The third kappa shape index (κ3) is 3.15. The number of rotatable bonds is 1. The summed E-state index contributed by atoms with van der Waals surface area (Å²) in [4.78, 5) is 0. The fourth-order valence-electron chi connectivity index (χ4n) is 1.28. The van der Waals surface area contributed by atoms with Gasteiger partial charge in [-0.15, -0.1) is 0 Å². The molecule has 2 heteroatoms. The molecule has 0 aliphatic carbocycles. The Morgan fingerprint density at radius 3 is 1.79 bits per heavy atom. The van der Waals surface area contributed by atoms with E-state index in [0.29, 0.717) is 5.75 Å². The number of hydrogen-bond acceptors (Lipinski definition) is 1. The molecule has 0 spiro atoms. The zero-order valence-electron chi connectivity index (χ0n) is 9.14. The predicted molar refractivity (Wildman–Crippen MR) is 54.7 cm³/mol. The number of benzene rings is 2. The molecule has 0 aromatic heterocycles. The van der Waals surface area contributed by atoms with Crippen molar-refractivity contribution in [3.05, 3.63) is 54.6 Å². The summed E-state index contributed by atoms with van der Waals surface area (Å²) in [7, 11) is 0. The second-order valence-corrected chi connectivity index (χ2v) is 2.91. The first-order chi connectivity index (χ1) is 6.36. The summed E-state index contributed by atoms with van der Waals surface area (Å²) < 4.78 is 0. The van der Waals surface area contributed by atoms with Crippen LogP contribution >= 0.6 is 0 Å². The average molecular weight is 304 g/mol. The van der Waals surface area contributed by atoms with Crippen molar-refractivity contribution in [3.63, 3.8) is 0 Å². The minimum atomic E-state index is 0. The Morgan fingerprint density at radius 1 is 0.714 bits per heavy atom. The van der Waals surface area contributed by atoms with Crippen LogP contribution in [0.2, 0.25) is 0 Å². The monoisotopic (exact) mass is 304 g/mol. The van der Waals surface area contributed by atoms with Gasteiger partial charge in [0, 0.05) is 0 Å². The molecule has 0 aliphatic heterocycles. The summed E-state index contributed by atoms with van der Waals surface area (Å²) in [5.41, 5.74) is 2.29. The van der Waals surface area contributed by atoms with E-state index in [1.54, 1.807) is 12.1 Å². The van der Waals surface area contributed by atoms with Gasteiger partial charge in [0.15, 0.2) is 0 Å². The fourth-order valence-corrected chi connectivity index (χ4v) is 1.28. The quantitative estimate of drug-likeness (QED) is 0.797. The molecule has 2 rings (SSSR count). The standard InChI is InChI=1S/C12H10O.Cs.H/c13-12-8-6-11(7-9-12)10-4-2-1-3-5-10;;/h1-9,13H;;/q;+1;-1. The van der Waals surface area contributed by atoms with Gasteiger partial charge in [0.1, 0.15) is 5.75 Å². The van der Waals surface area contributed by atoms with E-state index in [2.05, 4.69) is 0 Å². The largest absolute Gasteiger partial charge is 1.00 e. The van der Waals surface area contributed by atoms with Crippen LogP contribution in [-0.4, -0.2) is 5.11 Å². The van der Waals surface area contributed by atoms with Crippen LogP contribution in [0.4, 0.5) is 0 Å². The first-order valence-corrected chi connectivity index (χ1v) is 4.21. The van der Waals surface area contributed by atoms with Gasteiger partial charge in [-0.3, -0.25) is 0 Å². The molecule has 0 radical (unpaired) electrons. The van der Waals surface area contributed by atoms with Crippen molar-refractivity contribution in [1.82, 2.24) is 0 Å². The molecule has 2 aromatic rings. The molecule has 0 heterocycles. The summed E-state index contributed by atoms with van der Waals surface area (Å²) in [5.74, 6) is 0.305. The molecule has 0 amide bonds. The van der Waals surface area contributed by atoms with Crippen molar-refractivity contribution in [3.8, 4) is 16.9 Å². The minimum Gasteiger partial charge on any atom is -1.00 e. The topological polar surface area (TPSA) is 20.2 Å². The average Bonchev–Trinajstić information content (AvgIpc) is 2.20. The van der Waals surface area contributed by atoms with Crippen LogP contribution in [0.15, 0.2) is 54.6 Å². The van der Waals surface area contributed by atoms with Gasteiger partial charge in [0.2, 0.25) is 0 Å².